The van der Waals surface area contributed by atoms with Crippen molar-refractivity contribution in [2.45, 2.75) is 13.5 Å². The summed E-state index contributed by atoms with van der Waals surface area (Å²) in [6, 6.07) is 2.76. The normalized spacial score (nSPS) is 12.0. The van der Waals surface area contributed by atoms with Gasteiger partial charge in [-0.15, -0.1) is 0 Å². The number of rotatable bonds is 7. The molecule has 0 saturated heterocycles. The smallest absolute Gasteiger partial charge is 0.321 e. The first-order valence-corrected chi connectivity index (χ1v) is 6.40. The van der Waals surface area contributed by atoms with Gasteiger partial charge in [0.05, 0.1) is 25.3 Å². The third kappa shape index (κ3) is 6.57. The quantitative estimate of drug-likeness (QED) is 0.665. The number of imide groups is 1. The van der Waals surface area contributed by atoms with E-state index in [1.807, 2.05) is 0 Å². The number of carboxylic acid groups (broad SMARTS) is 1. The number of hydrogen-bond acceptors (Lipinski definition) is 5. The summed E-state index contributed by atoms with van der Waals surface area (Å²) in [6.07, 6.45) is 1.48. The van der Waals surface area contributed by atoms with Crippen LogP contribution in [0.3, 0.4) is 0 Å². The summed E-state index contributed by atoms with van der Waals surface area (Å²) >= 11 is 0. The lowest BCUT2D eigenvalue weighted by Gasteiger charge is -2.18. The van der Waals surface area contributed by atoms with E-state index in [-0.39, 0.29) is 19.6 Å². The van der Waals surface area contributed by atoms with Crippen LogP contribution in [0.4, 0.5) is 4.79 Å². The Morgan fingerprint density at radius 1 is 1.43 bits per heavy atom. The maximum absolute atomic E-state index is 11.6. The van der Waals surface area contributed by atoms with Gasteiger partial charge in [0, 0.05) is 6.54 Å². The van der Waals surface area contributed by atoms with Crippen LogP contribution < -0.4 is 10.6 Å². The van der Waals surface area contributed by atoms with Gasteiger partial charge in [-0.2, -0.15) is 0 Å². The number of aliphatic carboxylic acids is 1. The number of hydrogen-bond donors (Lipinski definition) is 3. The lowest BCUT2D eigenvalue weighted by Crippen LogP contribution is -2.44. The SMILES string of the molecule is CC(CN(C)CC(=O)NC(=O)NCc1ccco1)C(=O)O. The number of carboxylic acids is 1. The van der Waals surface area contributed by atoms with Gasteiger partial charge < -0.3 is 14.8 Å². The molecule has 1 aromatic heterocycles. The van der Waals surface area contributed by atoms with Gasteiger partial charge in [0.2, 0.25) is 5.91 Å². The van der Waals surface area contributed by atoms with Gasteiger partial charge in [-0.05, 0) is 19.2 Å². The zero-order valence-electron chi connectivity index (χ0n) is 12.0. The monoisotopic (exact) mass is 297 g/mol. The Labute approximate surface area is 122 Å². The summed E-state index contributed by atoms with van der Waals surface area (Å²) in [7, 11) is 1.61. The molecule has 0 spiro atoms. The average Bonchev–Trinajstić information content (AvgIpc) is 2.88. The summed E-state index contributed by atoms with van der Waals surface area (Å²) in [5.74, 6) is -1.45. The summed E-state index contributed by atoms with van der Waals surface area (Å²) in [5.41, 5.74) is 0. The van der Waals surface area contributed by atoms with Crippen LogP contribution in [0.15, 0.2) is 22.8 Å². The highest BCUT2D eigenvalue weighted by molar-refractivity contribution is 5.95. The Kier molecular flexibility index (Phi) is 6.41. The van der Waals surface area contributed by atoms with Gasteiger partial charge >= 0.3 is 12.0 Å². The first-order valence-electron chi connectivity index (χ1n) is 6.40. The number of nitrogens with zero attached hydrogens (tertiary/aromatic N) is 1. The van der Waals surface area contributed by atoms with Crippen molar-refractivity contribution < 1.29 is 23.9 Å². The highest BCUT2D eigenvalue weighted by Crippen LogP contribution is 1.99. The van der Waals surface area contributed by atoms with Crippen molar-refractivity contribution >= 4 is 17.9 Å². The topological polar surface area (TPSA) is 112 Å². The molecule has 8 nitrogen and oxygen atoms in total. The third-order valence-corrected chi connectivity index (χ3v) is 2.68. The second kappa shape index (κ2) is 8.05. The molecule has 1 rings (SSSR count). The van der Waals surface area contributed by atoms with Crippen LogP contribution in [0.5, 0.6) is 0 Å². The van der Waals surface area contributed by atoms with E-state index in [0.29, 0.717) is 5.76 Å². The molecule has 21 heavy (non-hydrogen) atoms. The minimum Gasteiger partial charge on any atom is -0.481 e. The lowest BCUT2D eigenvalue weighted by atomic mass is 10.2. The fraction of sp³-hybridized carbons (Fsp3) is 0.462. The average molecular weight is 297 g/mol. The standard InChI is InChI=1S/C13H19N3O5/c1-9(12(18)19)7-16(2)8-11(17)15-13(20)14-6-10-4-3-5-21-10/h3-5,9H,6-8H2,1-2H3,(H,18,19)(H2,14,15,17,20). The van der Waals surface area contributed by atoms with Crippen LogP contribution in [0, 0.1) is 5.92 Å². The molecule has 0 aliphatic rings. The largest absolute Gasteiger partial charge is 0.481 e. The number of furan rings is 1. The molecule has 3 N–H and O–H groups in total. The lowest BCUT2D eigenvalue weighted by molar-refractivity contribution is -0.142. The molecule has 0 aliphatic heterocycles. The molecule has 8 heteroatoms. The molecule has 1 atom stereocenters. The Balaban J connectivity index is 2.25. The zero-order valence-corrected chi connectivity index (χ0v) is 12.0. The molecular formula is C13H19N3O5. The van der Waals surface area contributed by atoms with Crippen LogP contribution in [0.2, 0.25) is 0 Å². The molecule has 0 radical (unpaired) electrons. The minimum absolute atomic E-state index is 0.0637. The first kappa shape index (κ1) is 16.7. The van der Waals surface area contributed by atoms with Crippen LogP contribution >= 0.6 is 0 Å². The van der Waals surface area contributed by atoms with Gasteiger partial charge in [0.15, 0.2) is 0 Å². The Morgan fingerprint density at radius 2 is 2.14 bits per heavy atom. The van der Waals surface area contributed by atoms with E-state index in [2.05, 4.69) is 10.6 Å². The van der Waals surface area contributed by atoms with Crippen molar-refractivity contribution in [2.24, 2.45) is 5.92 Å². The summed E-state index contributed by atoms with van der Waals surface area (Å²) in [4.78, 5) is 35.3. The molecule has 1 unspecified atom stereocenters. The van der Waals surface area contributed by atoms with Crippen molar-refractivity contribution in [2.75, 3.05) is 20.1 Å². The fourth-order valence-corrected chi connectivity index (χ4v) is 1.65. The number of carbonyl (C=O) groups is 3. The highest BCUT2D eigenvalue weighted by Gasteiger charge is 2.16. The van der Waals surface area contributed by atoms with Crippen LogP contribution in [0.25, 0.3) is 0 Å². The molecule has 0 bridgehead atoms. The molecule has 0 aliphatic carbocycles. The molecule has 1 aromatic rings. The summed E-state index contributed by atoms with van der Waals surface area (Å²) in [5, 5.41) is 13.4. The predicted octanol–water partition coefficient (Wildman–Crippen LogP) is 0.258. The second-order valence-electron chi connectivity index (χ2n) is 4.75. The van der Waals surface area contributed by atoms with E-state index in [1.165, 1.54) is 11.2 Å². The molecule has 3 amide bonds. The van der Waals surface area contributed by atoms with Crippen molar-refractivity contribution in [1.82, 2.24) is 15.5 Å². The van der Waals surface area contributed by atoms with E-state index in [0.717, 1.165) is 0 Å². The van der Waals surface area contributed by atoms with E-state index in [4.69, 9.17) is 9.52 Å². The van der Waals surface area contributed by atoms with Crippen LogP contribution in [-0.2, 0) is 16.1 Å². The molecule has 0 aromatic carbocycles. The number of nitrogens with one attached hydrogen (secondary N) is 2. The molecule has 0 saturated carbocycles. The Morgan fingerprint density at radius 3 is 2.71 bits per heavy atom. The Hall–Kier alpha value is -2.35. The van der Waals surface area contributed by atoms with Crippen molar-refractivity contribution in [3.8, 4) is 0 Å². The van der Waals surface area contributed by atoms with Gasteiger partial charge in [-0.3, -0.25) is 19.8 Å². The first-order chi connectivity index (χ1) is 9.88. The molecule has 0 fully saturated rings. The van der Waals surface area contributed by atoms with E-state index < -0.39 is 23.8 Å². The van der Waals surface area contributed by atoms with Gasteiger partial charge in [-0.25, -0.2) is 4.79 Å². The number of carbonyl (C=O) groups excluding carboxylic acids is 2. The van der Waals surface area contributed by atoms with Crippen molar-refractivity contribution in [1.29, 1.82) is 0 Å². The molecule has 1 heterocycles. The van der Waals surface area contributed by atoms with Gasteiger partial charge in [0.25, 0.3) is 0 Å². The summed E-state index contributed by atoms with van der Waals surface area (Å²) in [6.45, 7) is 1.88. The van der Waals surface area contributed by atoms with Crippen LogP contribution in [0.1, 0.15) is 12.7 Å². The maximum Gasteiger partial charge on any atom is 0.321 e. The molecule has 116 valence electrons. The highest BCUT2D eigenvalue weighted by atomic mass is 16.4. The second-order valence-corrected chi connectivity index (χ2v) is 4.75. The number of likely N-dealkylation sites (N-methyl/N-ethyl adjacent to an activating group) is 1. The maximum atomic E-state index is 11.6. The zero-order chi connectivity index (χ0) is 15.8. The van der Waals surface area contributed by atoms with E-state index >= 15 is 0 Å². The Bertz CT molecular complexity index is 486. The van der Waals surface area contributed by atoms with Crippen LogP contribution in [-0.4, -0.2) is 48.1 Å². The van der Waals surface area contributed by atoms with E-state index in [1.54, 1.807) is 26.1 Å². The predicted molar refractivity (Wildman–Crippen MR) is 73.4 cm³/mol. The third-order valence-electron chi connectivity index (χ3n) is 2.68. The van der Waals surface area contributed by atoms with Crippen molar-refractivity contribution in [3.63, 3.8) is 0 Å². The molecular weight excluding hydrogens is 278 g/mol. The minimum atomic E-state index is -0.932. The number of urea groups is 1. The van der Waals surface area contributed by atoms with E-state index in [9.17, 15) is 14.4 Å². The fourth-order valence-electron chi connectivity index (χ4n) is 1.65. The van der Waals surface area contributed by atoms with Gasteiger partial charge in [-0.1, -0.05) is 6.92 Å². The summed E-state index contributed by atoms with van der Waals surface area (Å²) < 4.78 is 5.03. The number of amides is 3. The van der Waals surface area contributed by atoms with Crippen molar-refractivity contribution in [3.05, 3.63) is 24.2 Å². The van der Waals surface area contributed by atoms with Gasteiger partial charge in [0.1, 0.15) is 5.76 Å².